The van der Waals surface area contributed by atoms with Gasteiger partial charge in [-0.1, -0.05) is 20.3 Å². The number of carbonyl (C=O) groups excluding carboxylic acids is 2. The average Bonchev–Trinajstić information content (AvgIpc) is 2.50. The van der Waals surface area contributed by atoms with Gasteiger partial charge in [0.2, 0.25) is 0 Å². The highest BCUT2D eigenvalue weighted by Crippen LogP contribution is 2.11. The Morgan fingerprint density at radius 1 is 1.43 bits per heavy atom. The van der Waals surface area contributed by atoms with Crippen molar-refractivity contribution in [2.45, 2.75) is 26.3 Å². The van der Waals surface area contributed by atoms with Crippen LogP contribution in [0.25, 0.3) is 0 Å². The number of aromatic carboxylic acids is 1. The monoisotopic (exact) mass is 294 g/mol. The van der Waals surface area contributed by atoms with Crippen molar-refractivity contribution in [2.24, 2.45) is 5.92 Å². The first-order chi connectivity index (χ1) is 9.92. The second-order valence-corrected chi connectivity index (χ2v) is 4.56. The first-order valence-corrected chi connectivity index (χ1v) is 6.49. The zero-order valence-corrected chi connectivity index (χ0v) is 12.1. The van der Waals surface area contributed by atoms with E-state index in [2.05, 4.69) is 15.0 Å². The maximum absolute atomic E-state index is 12.2. The molecule has 0 aliphatic rings. The zero-order valence-electron chi connectivity index (χ0n) is 12.1. The van der Waals surface area contributed by atoms with Crippen LogP contribution in [-0.4, -0.2) is 41.1 Å². The van der Waals surface area contributed by atoms with Crippen LogP contribution < -0.4 is 5.32 Å². The molecule has 2 atom stereocenters. The number of methoxy groups -OCH3 is 1. The average molecular weight is 294 g/mol. The molecule has 1 aromatic rings. The Morgan fingerprint density at radius 3 is 2.62 bits per heavy atom. The lowest BCUT2D eigenvalue weighted by Crippen LogP contribution is -2.46. The number of esters is 1. The summed E-state index contributed by atoms with van der Waals surface area (Å²) in [5.41, 5.74) is -0.454. The van der Waals surface area contributed by atoms with Crippen LogP contribution in [0.15, 0.2) is 18.3 Å². The van der Waals surface area contributed by atoms with E-state index in [9.17, 15) is 14.4 Å². The summed E-state index contributed by atoms with van der Waals surface area (Å²) in [7, 11) is 1.23. The van der Waals surface area contributed by atoms with Crippen molar-refractivity contribution in [2.75, 3.05) is 7.11 Å². The van der Waals surface area contributed by atoms with E-state index in [-0.39, 0.29) is 17.2 Å². The molecular weight excluding hydrogens is 276 g/mol. The molecule has 0 saturated carbocycles. The minimum atomic E-state index is -1.26. The van der Waals surface area contributed by atoms with Gasteiger partial charge in [0.25, 0.3) is 5.91 Å². The summed E-state index contributed by atoms with van der Waals surface area (Å²) < 4.78 is 4.66. The van der Waals surface area contributed by atoms with Crippen LogP contribution >= 0.6 is 0 Å². The molecule has 0 spiro atoms. The fourth-order valence-electron chi connectivity index (χ4n) is 1.76. The second-order valence-electron chi connectivity index (χ2n) is 4.56. The van der Waals surface area contributed by atoms with Gasteiger partial charge in [0.05, 0.1) is 12.7 Å². The van der Waals surface area contributed by atoms with Crippen LogP contribution in [0.3, 0.4) is 0 Å². The Kier molecular flexibility index (Phi) is 5.83. The van der Waals surface area contributed by atoms with E-state index in [0.29, 0.717) is 6.42 Å². The van der Waals surface area contributed by atoms with Gasteiger partial charge in [0.15, 0.2) is 0 Å². The minimum absolute atomic E-state index is 0.154. The summed E-state index contributed by atoms with van der Waals surface area (Å²) in [5, 5.41) is 11.5. The molecule has 0 bridgehead atoms. The molecule has 7 nitrogen and oxygen atoms in total. The molecule has 1 heterocycles. The van der Waals surface area contributed by atoms with Crippen LogP contribution in [0.5, 0.6) is 0 Å². The SMILES string of the molecule is CCC(C)C(NC(=O)c1ncccc1C(=O)O)C(=O)OC. The molecule has 0 saturated heterocycles. The molecule has 0 aliphatic carbocycles. The highest BCUT2D eigenvalue weighted by Gasteiger charge is 2.28. The number of carbonyl (C=O) groups is 3. The quantitative estimate of drug-likeness (QED) is 0.761. The molecule has 0 radical (unpaired) electrons. The number of rotatable bonds is 6. The molecule has 1 amide bonds. The number of amides is 1. The summed E-state index contributed by atoms with van der Waals surface area (Å²) in [5.74, 6) is -2.71. The molecule has 21 heavy (non-hydrogen) atoms. The lowest BCUT2D eigenvalue weighted by Gasteiger charge is -2.21. The van der Waals surface area contributed by atoms with Crippen LogP contribution in [0, 0.1) is 5.92 Å². The van der Waals surface area contributed by atoms with Crippen molar-refractivity contribution < 1.29 is 24.2 Å². The fraction of sp³-hybridized carbons (Fsp3) is 0.429. The molecule has 0 fully saturated rings. The van der Waals surface area contributed by atoms with E-state index in [1.165, 1.54) is 25.4 Å². The Hall–Kier alpha value is -2.44. The maximum atomic E-state index is 12.2. The predicted molar refractivity (Wildman–Crippen MR) is 73.9 cm³/mol. The number of carboxylic acids is 1. The standard InChI is InChI=1S/C14H18N2O5/c1-4-8(2)10(14(20)21-3)16-12(17)11-9(13(18)19)6-5-7-15-11/h5-8,10H,4H2,1-3H3,(H,16,17)(H,18,19). The maximum Gasteiger partial charge on any atom is 0.338 e. The van der Waals surface area contributed by atoms with E-state index in [1.54, 1.807) is 6.92 Å². The molecule has 114 valence electrons. The van der Waals surface area contributed by atoms with Crippen molar-refractivity contribution in [3.8, 4) is 0 Å². The number of pyridine rings is 1. The Balaban J connectivity index is 3.03. The molecule has 0 aliphatic heterocycles. The van der Waals surface area contributed by atoms with Crippen molar-refractivity contribution in [3.05, 3.63) is 29.6 Å². The minimum Gasteiger partial charge on any atom is -0.478 e. The van der Waals surface area contributed by atoms with Gasteiger partial charge in [0, 0.05) is 6.20 Å². The number of nitrogens with one attached hydrogen (secondary N) is 1. The van der Waals surface area contributed by atoms with Crippen LogP contribution in [0.4, 0.5) is 0 Å². The summed E-state index contributed by atoms with van der Waals surface area (Å²) in [6.45, 7) is 3.66. The molecular formula is C14H18N2O5. The van der Waals surface area contributed by atoms with Crippen molar-refractivity contribution in [1.29, 1.82) is 0 Å². The third kappa shape index (κ3) is 4.01. The number of ether oxygens (including phenoxy) is 1. The first-order valence-electron chi connectivity index (χ1n) is 6.49. The zero-order chi connectivity index (χ0) is 16.0. The first kappa shape index (κ1) is 16.6. The van der Waals surface area contributed by atoms with Crippen LogP contribution in [0.1, 0.15) is 41.1 Å². The normalized spacial score (nSPS) is 13.1. The van der Waals surface area contributed by atoms with Crippen molar-refractivity contribution >= 4 is 17.8 Å². The highest BCUT2D eigenvalue weighted by molar-refractivity contribution is 6.04. The second kappa shape index (κ2) is 7.37. The molecule has 1 rings (SSSR count). The van der Waals surface area contributed by atoms with Crippen molar-refractivity contribution in [1.82, 2.24) is 10.3 Å². The lowest BCUT2D eigenvalue weighted by atomic mass is 9.99. The van der Waals surface area contributed by atoms with E-state index >= 15 is 0 Å². The number of carboxylic acid groups (broad SMARTS) is 1. The summed E-state index contributed by atoms with van der Waals surface area (Å²) in [6, 6.07) is 1.85. The smallest absolute Gasteiger partial charge is 0.338 e. The summed E-state index contributed by atoms with van der Waals surface area (Å²) in [4.78, 5) is 38.8. The number of hydrogen-bond acceptors (Lipinski definition) is 5. The Labute approximate surface area is 122 Å². The molecule has 7 heteroatoms. The summed E-state index contributed by atoms with van der Waals surface area (Å²) >= 11 is 0. The van der Waals surface area contributed by atoms with Gasteiger partial charge >= 0.3 is 11.9 Å². The van der Waals surface area contributed by atoms with Crippen LogP contribution in [-0.2, 0) is 9.53 Å². The topological polar surface area (TPSA) is 106 Å². The molecule has 1 aromatic heterocycles. The number of aromatic nitrogens is 1. The van der Waals surface area contributed by atoms with Gasteiger partial charge in [-0.25, -0.2) is 9.59 Å². The highest BCUT2D eigenvalue weighted by atomic mass is 16.5. The van der Waals surface area contributed by atoms with Crippen molar-refractivity contribution in [3.63, 3.8) is 0 Å². The van der Waals surface area contributed by atoms with Gasteiger partial charge in [-0.05, 0) is 18.1 Å². The molecule has 0 aromatic carbocycles. The third-order valence-electron chi connectivity index (χ3n) is 3.21. The molecule has 2 N–H and O–H groups in total. The van der Waals surface area contributed by atoms with Gasteiger partial charge in [0.1, 0.15) is 11.7 Å². The molecule has 2 unspecified atom stereocenters. The Bertz CT molecular complexity index is 544. The Morgan fingerprint density at radius 2 is 2.10 bits per heavy atom. The van der Waals surface area contributed by atoms with Gasteiger partial charge in [-0.15, -0.1) is 0 Å². The van der Waals surface area contributed by atoms with Gasteiger partial charge < -0.3 is 15.2 Å². The van der Waals surface area contributed by atoms with E-state index in [1.807, 2.05) is 6.92 Å². The largest absolute Gasteiger partial charge is 0.478 e. The van der Waals surface area contributed by atoms with Crippen LogP contribution in [0.2, 0.25) is 0 Å². The number of hydrogen-bond donors (Lipinski definition) is 2. The summed E-state index contributed by atoms with van der Waals surface area (Å²) in [6.07, 6.45) is 1.96. The predicted octanol–water partition coefficient (Wildman–Crippen LogP) is 1.10. The fourth-order valence-corrected chi connectivity index (χ4v) is 1.76. The lowest BCUT2D eigenvalue weighted by molar-refractivity contribution is -0.144. The van der Waals surface area contributed by atoms with E-state index < -0.39 is 23.9 Å². The number of nitrogens with zero attached hydrogens (tertiary/aromatic N) is 1. The third-order valence-corrected chi connectivity index (χ3v) is 3.21. The van der Waals surface area contributed by atoms with Gasteiger partial charge in [-0.3, -0.25) is 9.78 Å². The van der Waals surface area contributed by atoms with E-state index in [4.69, 9.17) is 5.11 Å². The van der Waals surface area contributed by atoms with Gasteiger partial charge in [-0.2, -0.15) is 0 Å². The van der Waals surface area contributed by atoms with E-state index in [0.717, 1.165) is 0 Å².